The zero-order valence-electron chi connectivity index (χ0n) is 6.28. The van der Waals surface area contributed by atoms with Crippen molar-refractivity contribution in [3.63, 3.8) is 0 Å². The first-order valence-electron chi connectivity index (χ1n) is 2.74. The van der Waals surface area contributed by atoms with Gasteiger partial charge in [-0.15, -0.1) is 0 Å². The van der Waals surface area contributed by atoms with Crippen molar-refractivity contribution in [3.8, 4) is 0 Å². The van der Waals surface area contributed by atoms with Gasteiger partial charge < -0.3 is 26.9 Å². The molecular formula is C5H15BaNO6. The van der Waals surface area contributed by atoms with Crippen molar-refractivity contribution in [2.45, 2.75) is 18.9 Å². The third-order valence-electron chi connectivity index (χ3n) is 0.986. The normalized spacial score (nSPS) is 9.62. The summed E-state index contributed by atoms with van der Waals surface area (Å²) in [5.41, 5.74) is 5.00. The molecule has 0 spiro atoms. The van der Waals surface area contributed by atoms with Crippen LogP contribution in [0.5, 0.6) is 0 Å². The third-order valence-corrected chi connectivity index (χ3v) is 0.986. The topological polar surface area (TPSA) is 164 Å². The van der Waals surface area contributed by atoms with Gasteiger partial charge in [0.2, 0.25) is 0 Å². The number of carbonyl (C=O) groups is 2. The summed E-state index contributed by atoms with van der Waals surface area (Å²) in [5.74, 6) is -2.20. The molecule has 0 bridgehead atoms. The van der Waals surface area contributed by atoms with Gasteiger partial charge in [0, 0.05) is 6.42 Å². The van der Waals surface area contributed by atoms with Crippen molar-refractivity contribution in [2.75, 3.05) is 0 Å². The number of aliphatic carboxylic acids is 2. The minimum absolute atomic E-state index is 0. The van der Waals surface area contributed by atoms with Crippen LogP contribution in [0.1, 0.15) is 12.8 Å². The van der Waals surface area contributed by atoms with Crippen LogP contribution in [0.3, 0.4) is 0 Å². The van der Waals surface area contributed by atoms with Gasteiger partial charge >= 0.3 is 60.8 Å². The van der Waals surface area contributed by atoms with Gasteiger partial charge in [0.25, 0.3) is 0 Å². The molecule has 78 valence electrons. The zero-order chi connectivity index (χ0) is 8.15. The van der Waals surface area contributed by atoms with Crippen molar-refractivity contribution in [1.82, 2.24) is 0 Å². The molecule has 0 aromatic carbocycles. The average Bonchev–Trinajstić information content (AvgIpc) is 1.82. The van der Waals surface area contributed by atoms with Gasteiger partial charge in [-0.2, -0.15) is 0 Å². The van der Waals surface area contributed by atoms with Crippen LogP contribution in [0.15, 0.2) is 0 Å². The molecule has 13 heavy (non-hydrogen) atoms. The third kappa shape index (κ3) is 15.2. The molecule has 0 amide bonds. The Labute approximate surface area is 115 Å². The fourth-order valence-electron chi connectivity index (χ4n) is 0.402. The van der Waals surface area contributed by atoms with E-state index >= 15 is 0 Å². The minimum atomic E-state index is -1.17. The molecule has 0 unspecified atom stereocenters. The zero-order valence-corrected chi connectivity index (χ0v) is 6.28. The molecule has 1 atom stereocenters. The predicted octanol–water partition coefficient (Wildman–Crippen LogP) is -3.30. The Hall–Kier alpha value is 0.391. The van der Waals surface area contributed by atoms with Crippen molar-refractivity contribution in [3.05, 3.63) is 0 Å². The van der Waals surface area contributed by atoms with Crippen molar-refractivity contribution >= 4 is 60.8 Å². The van der Waals surface area contributed by atoms with Crippen LogP contribution in [0, 0.1) is 0 Å². The fourth-order valence-corrected chi connectivity index (χ4v) is 0.402. The Balaban J connectivity index is -0.000000135. The number of hydrogen-bond acceptors (Lipinski definition) is 3. The molecule has 0 rings (SSSR count). The number of carboxylic acid groups (broad SMARTS) is 2. The molecule has 0 aliphatic carbocycles. The van der Waals surface area contributed by atoms with Gasteiger partial charge in [-0.1, -0.05) is 0 Å². The molecule has 0 aliphatic rings. The van der Waals surface area contributed by atoms with E-state index in [4.69, 9.17) is 15.9 Å². The van der Waals surface area contributed by atoms with Crippen LogP contribution in [0.25, 0.3) is 0 Å². The van der Waals surface area contributed by atoms with Crippen molar-refractivity contribution < 1.29 is 30.8 Å². The molecule has 8 N–H and O–H groups in total. The van der Waals surface area contributed by atoms with E-state index in [1.165, 1.54) is 0 Å². The average molecular weight is 323 g/mol. The van der Waals surface area contributed by atoms with Crippen molar-refractivity contribution in [1.29, 1.82) is 0 Å². The summed E-state index contributed by atoms with van der Waals surface area (Å²) < 4.78 is 0. The van der Waals surface area contributed by atoms with E-state index in [-0.39, 0.29) is 72.7 Å². The van der Waals surface area contributed by atoms with Crippen LogP contribution in [0.4, 0.5) is 0 Å². The van der Waals surface area contributed by atoms with Crippen molar-refractivity contribution in [2.24, 2.45) is 5.73 Å². The summed E-state index contributed by atoms with van der Waals surface area (Å²) in [6.07, 6.45) is -0.224. The maximum absolute atomic E-state index is 9.99. The number of nitrogens with two attached hydrogens (primary N) is 1. The predicted molar refractivity (Wildman–Crippen MR) is 48.3 cm³/mol. The standard InChI is InChI=1S/C5H9NO4.Ba.2H2O.2H/c6-3(5(9)10)1-2-4(7)8;;;;;/h3H,1-2,6H2,(H,7,8)(H,9,10);;2*1H2;;/t3-;;;;;/m1...../s1. The van der Waals surface area contributed by atoms with E-state index in [0.717, 1.165) is 0 Å². The van der Waals surface area contributed by atoms with E-state index in [1.807, 2.05) is 0 Å². The number of rotatable bonds is 4. The van der Waals surface area contributed by atoms with E-state index in [0.29, 0.717) is 0 Å². The Bertz CT molecular complexity index is 152. The monoisotopic (exact) mass is 323 g/mol. The van der Waals surface area contributed by atoms with Gasteiger partial charge in [-0.25, -0.2) is 0 Å². The van der Waals surface area contributed by atoms with Gasteiger partial charge in [-0.05, 0) is 6.42 Å². The molecule has 0 heterocycles. The summed E-state index contributed by atoms with van der Waals surface area (Å²) in [7, 11) is 0. The summed E-state index contributed by atoms with van der Waals surface area (Å²) in [6, 6.07) is -1.06. The summed E-state index contributed by atoms with van der Waals surface area (Å²) in [4.78, 5) is 19.9. The summed E-state index contributed by atoms with van der Waals surface area (Å²) >= 11 is 0. The molecule has 8 heteroatoms. The van der Waals surface area contributed by atoms with Crippen LogP contribution in [-0.2, 0) is 9.59 Å². The molecule has 7 nitrogen and oxygen atoms in total. The van der Waals surface area contributed by atoms with E-state index in [1.54, 1.807) is 0 Å². The van der Waals surface area contributed by atoms with Crippen LogP contribution in [-0.4, -0.2) is 88.0 Å². The Morgan fingerprint density at radius 2 is 1.62 bits per heavy atom. The van der Waals surface area contributed by atoms with Crippen LogP contribution >= 0.6 is 0 Å². The van der Waals surface area contributed by atoms with E-state index in [9.17, 15) is 9.59 Å². The second kappa shape index (κ2) is 12.4. The molecular weight excluding hydrogens is 307 g/mol. The molecule has 0 saturated carbocycles. The SMILES string of the molecule is N[C@H](CCC(=O)O)C(=O)O.O.O.[BaH2]. The first-order chi connectivity index (χ1) is 4.54. The molecule has 0 aromatic rings. The number of carboxylic acids is 2. The molecule has 0 aromatic heterocycles. The Morgan fingerprint density at radius 1 is 1.23 bits per heavy atom. The second-order valence-electron chi connectivity index (χ2n) is 1.88. The number of hydrogen-bond donors (Lipinski definition) is 3. The van der Waals surface area contributed by atoms with Crippen LogP contribution in [0.2, 0.25) is 0 Å². The van der Waals surface area contributed by atoms with Gasteiger partial charge in [0.15, 0.2) is 0 Å². The van der Waals surface area contributed by atoms with Gasteiger partial charge in [0.1, 0.15) is 6.04 Å². The van der Waals surface area contributed by atoms with Crippen LogP contribution < -0.4 is 5.73 Å². The Kier molecular flexibility index (Phi) is 22.2. The first kappa shape index (κ1) is 23.3. The van der Waals surface area contributed by atoms with Gasteiger partial charge in [-0.3, -0.25) is 9.59 Å². The maximum atomic E-state index is 9.99. The van der Waals surface area contributed by atoms with E-state index in [2.05, 4.69) is 0 Å². The molecule has 0 fully saturated rings. The molecule has 0 aliphatic heterocycles. The first-order valence-corrected chi connectivity index (χ1v) is 2.74. The van der Waals surface area contributed by atoms with Gasteiger partial charge in [0.05, 0.1) is 0 Å². The summed E-state index contributed by atoms with van der Waals surface area (Å²) in [5, 5.41) is 16.3. The summed E-state index contributed by atoms with van der Waals surface area (Å²) in [6.45, 7) is 0. The quantitative estimate of drug-likeness (QED) is 0.461. The Morgan fingerprint density at radius 3 is 1.85 bits per heavy atom. The molecule has 0 radical (unpaired) electrons. The second-order valence-corrected chi connectivity index (χ2v) is 1.88. The van der Waals surface area contributed by atoms with E-state index < -0.39 is 18.0 Å². The molecule has 0 saturated heterocycles. The fraction of sp³-hybridized carbons (Fsp3) is 0.600.